The SMILES string of the molecule is C=C(CC(=O)O)C(=O)O.N#CC=CC=Cc1ccccc1. The zero-order valence-corrected chi connectivity index (χ0v) is 11.3. The average Bonchev–Trinajstić information content (AvgIpc) is 2.45. The molecule has 0 amide bonds. The number of hydrogen-bond donors (Lipinski definition) is 2. The zero-order valence-electron chi connectivity index (χ0n) is 11.3. The van der Waals surface area contributed by atoms with Crippen molar-refractivity contribution in [2.45, 2.75) is 6.42 Å². The van der Waals surface area contributed by atoms with E-state index in [-0.39, 0.29) is 5.57 Å². The van der Waals surface area contributed by atoms with E-state index in [0.717, 1.165) is 5.56 Å². The molecule has 0 fully saturated rings. The summed E-state index contributed by atoms with van der Waals surface area (Å²) in [5.74, 6) is -2.44. The minimum Gasteiger partial charge on any atom is -0.481 e. The molecule has 0 unspecified atom stereocenters. The minimum absolute atomic E-state index is 0.303. The fourth-order valence-electron chi connectivity index (χ4n) is 1.09. The molecule has 0 saturated carbocycles. The van der Waals surface area contributed by atoms with Gasteiger partial charge in [-0.3, -0.25) is 4.79 Å². The third-order valence-corrected chi connectivity index (χ3v) is 2.04. The van der Waals surface area contributed by atoms with Gasteiger partial charge in [0.1, 0.15) is 0 Å². The van der Waals surface area contributed by atoms with Crippen LogP contribution in [-0.4, -0.2) is 22.2 Å². The largest absolute Gasteiger partial charge is 0.481 e. The highest BCUT2D eigenvalue weighted by atomic mass is 16.4. The van der Waals surface area contributed by atoms with Gasteiger partial charge in [-0.1, -0.05) is 55.1 Å². The molecule has 0 saturated heterocycles. The zero-order chi connectivity index (χ0) is 16.1. The number of hydrogen-bond acceptors (Lipinski definition) is 3. The number of nitriles is 1. The fourth-order valence-corrected chi connectivity index (χ4v) is 1.09. The maximum absolute atomic E-state index is 9.87. The number of carboxylic acids is 2. The molecule has 108 valence electrons. The maximum atomic E-state index is 9.87. The van der Waals surface area contributed by atoms with E-state index < -0.39 is 18.4 Å². The lowest BCUT2D eigenvalue weighted by Gasteiger charge is -1.91. The van der Waals surface area contributed by atoms with Gasteiger partial charge >= 0.3 is 11.9 Å². The van der Waals surface area contributed by atoms with Crippen LogP contribution in [0.5, 0.6) is 0 Å². The van der Waals surface area contributed by atoms with Gasteiger partial charge in [0, 0.05) is 11.6 Å². The van der Waals surface area contributed by atoms with Gasteiger partial charge in [-0.25, -0.2) is 4.79 Å². The molecule has 0 spiro atoms. The van der Waals surface area contributed by atoms with Crippen LogP contribution in [0.4, 0.5) is 0 Å². The summed E-state index contributed by atoms with van der Waals surface area (Å²) in [6, 6.07) is 11.9. The average molecular weight is 285 g/mol. The Balaban J connectivity index is 0.000000400. The number of carbonyl (C=O) groups is 2. The normalized spacial score (nSPS) is 9.67. The molecular formula is C16H15NO4. The van der Waals surface area contributed by atoms with Crippen LogP contribution in [0.1, 0.15) is 12.0 Å². The van der Waals surface area contributed by atoms with E-state index in [0.29, 0.717) is 0 Å². The van der Waals surface area contributed by atoms with Crippen LogP contribution in [0.2, 0.25) is 0 Å². The van der Waals surface area contributed by atoms with Crippen LogP contribution in [0.15, 0.2) is 60.7 Å². The first-order valence-corrected chi connectivity index (χ1v) is 5.88. The standard InChI is InChI=1S/C11H9N.C5H6O4/c12-10-6-2-5-9-11-7-3-1-4-8-11;1-3(5(8)9)2-4(6)7/h1-9H;1-2H2,(H,6,7)(H,8,9). The maximum Gasteiger partial charge on any atom is 0.331 e. The molecule has 0 aliphatic carbocycles. The van der Waals surface area contributed by atoms with Gasteiger partial charge in [-0.15, -0.1) is 0 Å². The van der Waals surface area contributed by atoms with Crippen LogP contribution in [0.3, 0.4) is 0 Å². The number of aliphatic carboxylic acids is 2. The highest BCUT2D eigenvalue weighted by Gasteiger charge is 2.07. The summed E-state index contributed by atoms with van der Waals surface area (Å²) in [5, 5.41) is 24.3. The summed E-state index contributed by atoms with van der Waals surface area (Å²) in [5.41, 5.74) is 0.836. The summed E-state index contributed by atoms with van der Waals surface area (Å²) in [4.78, 5) is 19.7. The summed E-state index contributed by atoms with van der Waals surface area (Å²) in [7, 11) is 0. The van der Waals surface area contributed by atoms with E-state index in [1.807, 2.05) is 48.6 Å². The Morgan fingerprint density at radius 1 is 1.19 bits per heavy atom. The van der Waals surface area contributed by atoms with E-state index >= 15 is 0 Å². The Morgan fingerprint density at radius 2 is 1.81 bits per heavy atom. The molecule has 0 atom stereocenters. The molecule has 0 radical (unpaired) electrons. The Hall–Kier alpha value is -3.13. The molecular weight excluding hydrogens is 270 g/mol. The lowest BCUT2D eigenvalue weighted by Crippen LogP contribution is -2.04. The second kappa shape index (κ2) is 10.8. The van der Waals surface area contributed by atoms with Crippen molar-refractivity contribution in [1.82, 2.24) is 0 Å². The van der Waals surface area contributed by atoms with E-state index in [2.05, 4.69) is 6.58 Å². The van der Waals surface area contributed by atoms with Gasteiger partial charge in [-0.2, -0.15) is 5.26 Å². The number of nitrogens with zero attached hydrogens (tertiary/aromatic N) is 1. The third kappa shape index (κ3) is 10.5. The fraction of sp³-hybridized carbons (Fsp3) is 0.0625. The van der Waals surface area contributed by atoms with Crippen molar-refractivity contribution in [1.29, 1.82) is 5.26 Å². The molecule has 21 heavy (non-hydrogen) atoms. The molecule has 1 aromatic carbocycles. The lowest BCUT2D eigenvalue weighted by molar-refractivity contribution is -0.139. The second-order valence-corrected chi connectivity index (χ2v) is 3.74. The quantitative estimate of drug-likeness (QED) is 0.492. The van der Waals surface area contributed by atoms with Crippen molar-refractivity contribution < 1.29 is 19.8 Å². The lowest BCUT2D eigenvalue weighted by atomic mass is 10.2. The molecule has 0 bridgehead atoms. The van der Waals surface area contributed by atoms with Gasteiger partial charge in [-0.05, 0) is 5.56 Å². The van der Waals surface area contributed by atoms with Crippen LogP contribution >= 0.6 is 0 Å². The van der Waals surface area contributed by atoms with Crippen molar-refractivity contribution in [2.75, 3.05) is 0 Å². The molecule has 0 heterocycles. The number of allylic oxidation sites excluding steroid dienone is 3. The molecule has 0 aromatic heterocycles. The molecule has 2 N–H and O–H groups in total. The first-order chi connectivity index (χ1) is 9.97. The topological polar surface area (TPSA) is 98.4 Å². The molecule has 0 aliphatic heterocycles. The molecule has 0 aliphatic rings. The molecule has 5 heteroatoms. The Bertz CT molecular complexity index is 580. The van der Waals surface area contributed by atoms with Crippen LogP contribution in [0, 0.1) is 11.3 Å². The third-order valence-electron chi connectivity index (χ3n) is 2.04. The van der Waals surface area contributed by atoms with Gasteiger partial charge in [0.25, 0.3) is 0 Å². The Morgan fingerprint density at radius 3 is 2.24 bits per heavy atom. The van der Waals surface area contributed by atoms with E-state index in [9.17, 15) is 9.59 Å². The van der Waals surface area contributed by atoms with Gasteiger partial charge in [0.05, 0.1) is 12.5 Å². The Labute approximate surface area is 122 Å². The van der Waals surface area contributed by atoms with Crippen molar-refractivity contribution in [3.8, 4) is 6.07 Å². The van der Waals surface area contributed by atoms with Crippen molar-refractivity contribution >= 4 is 18.0 Å². The van der Waals surface area contributed by atoms with Gasteiger partial charge in [0.15, 0.2) is 0 Å². The van der Waals surface area contributed by atoms with Crippen LogP contribution in [0.25, 0.3) is 6.08 Å². The first kappa shape index (κ1) is 17.9. The smallest absolute Gasteiger partial charge is 0.331 e. The van der Waals surface area contributed by atoms with E-state index in [4.69, 9.17) is 15.5 Å². The van der Waals surface area contributed by atoms with Crippen molar-refractivity contribution in [3.05, 3.63) is 66.3 Å². The summed E-state index contributed by atoms with van der Waals surface area (Å²) in [6.07, 6.45) is 6.45. The summed E-state index contributed by atoms with van der Waals surface area (Å²) >= 11 is 0. The predicted octanol–water partition coefficient (Wildman–Crippen LogP) is 2.88. The van der Waals surface area contributed by atoms with Crippen molar-refractivity contribution in [2.24, 2.45) is 0 Å². The molecule has 1 rings (SSSR count). The highest BCUT2D eigenvalue weighted by Crippen LogP contribution is 2.00. The minimum atomic E-state index is -1.27. The number of rotatable bonds is 5. The predicted molar refractivity (Wildman–Crippen MR) is 79.3 cm³/mol. The number of benzene rings is 1. The highest BCUT2D eigenvalue weighted by molar-refractivity contribution is 5.91. The molecule has 1 aromatic rings. The van der Waals surface area contributed by atoms with Gasteiger partial charge < -0.3 is 10.2 Å². The summed E-state index contributed by atoms with van der Waals surface area (Å²) < 4.78 is 0. The number of carboxylic acid groups (broad SMARTS) is 2. The first-order valence-electron chi connectivity index (χ1n) is 5.88. The summed E-state index contributed by atoms with van der Waals surface area (Å²) in [6.45, 7) is 3.01. The van der Waals surface area contributed by atoms with Crippen LogP contribution < -0.4 is 0 Å². The second-order valence-electron chi connectivity index (χ2n) is 3.74. The molecule has 5 nitrogen and oxygen atoms in total. The van der Waals surface area contributed by atoms with E-state index in [1.165, 1.54) is 6.08 Å². The van der Waals surface area contributed by atoms with E-state index in [1.54, 1.807) is 6.08 Å². The van der Waals surface area contributed by atoms with Crippen LogP contribution in [-0.2, 0) is 9.59 Å². The van der Waals surface area contributed by atoms with Gasteiger partial charge in [0.2, 0.25) is 0 Å². The van der Waals surface area contributed by atoms with Crippen molar-refractivity contribution in [3.63, 3.8) is 0 Å². The monoisotopic (exact) mass is 285 g/mol. The Kier molecular flexibility index (Phi) is 9.16.